The summed E-state index contributed by atoms with van der Waals surface area (Å²) < 4.78 is 42.9. The number of primary amides is 1. The SMILES string of the molecule is CC[C@H](C)C([C@@H](CC(=O)N1C[C@@H](OC(=O)NCCNC(=O)OCc2ccc(NC(=O)C(CCCNC(N)=O)NC(=O)[C@@H](NC(=O)CCCCCN3C(=O)CC(SCC4(CC(=O)O)CC4)C3=O)C(C)C)cc2)C[C@H]1[C@H](OC)[C@@H](C)C(=O)NCC(=O)c1ccc(OC)c(F)c1)OC)N(C)C(=O)[C@@H](NC(=O)[C@H](C(C)C)N(C)C)C(C)C. The number of urea groups is 1. The number of carboxylic acids is 1. The van der Waals surface area contributed by atoms with Gasteiger partial charge in [-0.1, -0.05) is 87.3 Å². The van der Waals surface area contributed by atoms with Gasteiger partial charge in [0.15, 0.2) is 17.3 Å². The average Bonchev–Trinajstić information content (AvgIpc) is 1.72. The molecule has 630 valence electrons. The van der Waals surface area contributed by atoms with Crippen LogP contribution in [0.5, 0.6) is 5.75 Å². The van der Waals surface area contributed by atoms with E-state index in [0.29, 0.717) is 42.7 Å². The zero-order valence-electron chi connectivity index (χ0n) is 67.9. The first-order chi connectivity index (χ1) is 53.4. The largest absolute Gasteiger partial charge is 0.494 e. The second kappa shape index (κ2) is 45.6. The van der Waals surface area contributed by atoms with E-state index in [-0.39, 0.29) is 142 Å². The van der Waals surface area contributed by atoms with Crippen molar-refractivity contribution in [1.29, 1.82) is 0 Å². The number of nitrogens with two attached hydrogens (primary N) is 1. The van der Waals surface area contributed by atoms with Gasteiger partial charge in [0, 0.05) is 83.7 Å². The second-order valence-corrected chi connectivity index (χ2v) is 31.9. The Balaban J connectivity index is 1.16. The van der Waals surface area contributed by atoms with Gasteiger partial charge in [0.1, 0.15) is 30.8 Å². The van der Waals surface area contributed by atoms with Gasteiger partial charge in [-0.25, -0.2) is 18.8 Å². The van der Waals surface area contributed by atoms with Crippen molar-refractivity contribution < 1.29 is 100 Å². The van der Waals surface area contributed by atoms with Crippen molar-refractivity contribution in [2.75, 3.05) is 92.8 Å². The van der Waals surface area contributed by atoms with Crippen molar-refractivity contribution in [3.63, 3.8) is 0 Å². The molecule has 3 fully saturated rings. The summed E-state index contributed by atoms with van der Waals surface area (Å²) in [7, 11) is 9.25. The Labute approximate surface area is 665 Å². The fourth-order valence-corrected chi connectivity index (χ4v) is 15.6. The van der Waals surface area contributed by atoms with E-state index in [1.807, 2.05) is 41.5 Å². The molecule has 35 heteroatoms. The normalized spacial score (nSPS) is 18.2. The van der Waals surface area contributed by atoms with Crippen molar-refractivity contribution >= 4 is 101 Å². The molecule has 13 amide bonds. The summed E-state index contributed by atoms with van der Waals surface area (Å²) in [6.07, 6.45) is -1.21. The number of halogens is 1. The highest BCUT2D eigenvalue weighted by atomic mass is 32.2. The van der Waals surface area contributed by atoms with Gasteiger partial charge in [-0.2, -0.15) is 0 Å². The summed E-state index contributed by atoms with van der Waals surface area (Å²) in [5.74, 6) is -8.04. The first-order valence-electron chi connectivity index (χ1n) is 38.7. The lowest BCUT2D eigenvalue weighted by Crippen LogP contribution is -2.59. The Morgan fingerprint density at radius 3 is 1.98 bits per heavy atom. The number of anilines is 1. The van der Waals surface area contributed by atoms with Crippen LogP contribution in [0.2, 0.25) is 0 Å². The van der Waals surface area contributed by atoms with Gasteiger partial charge in [0.05, 0.1) is 74.5 Å². The summed E-state index contributed by atoms with van der Waals surface area (Å²) in [5.41, 5.74) is 5.73. The third kappa shape index (κ3) is 29.0. The number of imide groups is 1. The number of methoxy groups -OCH3 is 3. The van der Waals surface area contributed by atoms with E-state index in [9.17, 15) is 71.8 Å². The molecule has 3 unspecified atom stereocenters. The van der Waals surface area contributed by atoms with Gasteiger partial charge in [-0.15, -0.1) is 11.8 Å². The number of carboxylic acid groups (broad SMARTS) is 1. The van der Waals surface area contributed by atoms with Crippen molar-refractivity contribution in [3.05, 3.63) is 59.4 Å². The van der Waals surface area contributed by atoms with Crippen LogP contribution >= 0.6 is 11.8 Å². The highest BCUT2D eigenvalue weighted by Gasteiger charge is 2.49. The molecular weight excluding hydrogens is 1490 g/mol. The second-order valence-electron chi connectivity index (χ2n) is 30.7. The van der Waals surface area contributed by atoms with Crippen LogP contribution in [-0.4, -0.2) is 255 Å². The number of hydrogen-bond acceptors (Lipinski definition) is 21. The minimum Gasteiger partial charge on any atom is -0.494 e. The molecule has 2 aromatic rings. The number of hydrogen-bond donors (Lipinski definition) is 10. The Morgan fingerprint density at radius 1 is 0.743 bits per heavy atom. The van der Waals surface area contributed by atoms with E-state index in [0.717, 1.165) is 18.9 Å². The molecule has 12 atom stereocenters. The first kappa shape index (κ1) is 94.4. The molecule has 113 heavy (non-hydrogen) atoms. The smallest absolute Gasteiger partial charge is 0.407 e. The lowest BCUT2D eigenvalue weighted by atomic mass is 9.89. The number of carbonyl (C=O) groups excluding carboxylic acids is 13. The van der Waals surface area contributed by atoms with E-state index < -0.39 is 144 Å². The van der Waals surface area contributed by atoms with Crippen LogP contribution in [0.15, 0.2) is 42.5 Å². The summed E-state index contributed by atoms with van der Waals surface area (Å²) in [5, 5.41) is 30.1. The number of amides is 13. The summed E-state index contributed by atoms with van der Waals surface area (Å²) in [6.45, 7) is 15.4. The third-order valence-corrected chi connectivity index (χ3v) is 22.4. The zero-order chi connectivity index (χ0) is 84.1. The number of thioether (sulfide) groups is 1. The fraction of sp³-hybridized carbons (Fsp3) is 0.667. The van der Waals surface area contributed by atoms with Gasteiger partial charge < -0.3 is 86.9 Å². The third-order valence-electron chi connectivity index (χ3n) is 20.8. The molecule has 33 nitrogen and oxygen atoms in total. The van der Waals surface area contributed by atoms with Crippen LogP contribution in [0.4, 0.5) is 24.5 Å². The Hall–Kier alpha value is -9.22. The van der Waals surface area contributed by atoms with E-state index >= 15 is 4.79 Å². The number of likely N-dealkylation sites (tertiary alicyclic amines) is 2. The number of rotatable bonds is 48. The molecule has 2 aromatic carbocycles. The van der Waals surface area contributed by atoms with E-state index in [2.05, 4.69) is 42.5 Å². The molecule has 0 spiro atoms. The van der Waals surface area contributed by atoms with Crippen LogP contribution < -0.4 is 53.0 Å². The van der Waals surface area contributed by atoms with Crippen LogP contribution in [0.1, 0.15) is 162 Å². The van der Waals surface area contributed by atoms with Crippen molar-refractivity contribution in [2.45, 2.75) is 212 Å². The Morgan fingerprint density at radius 2 is 1.41 bits per heavy atom. The molecular formula is C78H120FN13O20S. The minimum absolute atomic E-state index is 0.0183. The molecule has 11 N–H and O–H groups in total. The van der Waals surface area contributed by atoms with Crippen LogP contribution in [0, 0.1) is 40.8 Å². The van der Waals surface area contributed by atoms with Gasteiger partial charge in [-0.3, -0.25) is 62.5 Å². The quantitative estimate of drug-likeness (QED) is 0.0234. The number of nitrogens with zero attached hydrogens (tertiary/aromatic N) is 4. The predicted molar refractivity (Wildman–Crippen MR) is 418 cm³/mol. The minimum atomic E-state index is -1.15. The van der Waals surface area contributed by atoms with E-state index in [1.54, 1.807) is 71.1 Å². The number of benzene rings is 2. The lowest BCUT2D eigenvalue weighted by Gasteiger charge is -2.41. The number of alkyl carbamates (subject to hydrolysis) is 2. The van der Waals surface area contributed by atoms with Gasteiger partial charge in [0.25, 0.3) is 0 Å². The van der Waals surface area contributed by atoms with E-state index in [1.165, 1.54) is 59.9 Å². The molecule has 2 heterocycles. The van der Waals surface area contributed by atoms with Crippen LogP contribution in [-0.2, 0) is 73.5 Å². The molecule has 1 saturated carbocycles. The zero-order valence-corrected chi connectivity index (χ0v) is 68.7. The molecule has 0 aromatic heterocycles. The molecule has 5 rings (SSSR count). The molecule has 0 bridgehead atoms. The molecule has 2 saturated heterocycles. The maximum Gasteiger partial charge on any atom is 0.407 e. The number of ketones is 1. The first-order valence-corrected chi connectivity index (χ1v) is 39.7. The van der Waals surface area contributed by atoms with Crippen LogP contribution in [0.3, 0.4) is 0 Å². The van der Waals surface area contributed by atoms with Crippen molar-refractivity contribution in [1.82, 2.24) is 56.8 Å². The van der Waals surface area contributed by atoms with Gasteiger partial charge in [-0.05, 0) is 118 Å². The number of ether oxygens (including phenoxy) is 5. The van der Waals surface area contributed by atoms with E-state index in [4.69, 9.17) is 29.4 Å². The summed E-state index contributed by atoms with van der Waals surface area (Å²) in [6, 6.07) is 3.82. The summed E-state index contributed by atoms with van der Waals surface area (Å²) in [4.78, 5) is 192. The molecule has 3 aliphatic rings. The molecule has 0 radical (unpaired) electrons. The van der Waals surface area contributed by atoms with Crippen molar-refractivity contribution in [3.8, 4) is 5.75 Å². The Kier molecular flexibility index (Phi) is 38.1. The summed E-state index contributed by atoms with van der Waals surface area (Å²) >= 11 is 1.34. The number of likely N-dealkylation sites (N-methyl/N-ethyl adjacent to an activating group) is 2. The van der Waals surface area contributed by atoms with Crippen molar-refractivity contribution in [2.24, 2.45) is 40.7 Å². The highest BCUT2D eigenvalue weighted by molar-refractivity contribution is 8.00. The van der Waals surface area contributed by atoms with Crippen LogP contribution in [0.25, 0.3) is 0 Å². The average molecular weight is 1610 g/mol. The maximum atomic E-state index is 15.0. The maximum absolute atomic E-state index is 15.0. The standard InChI is InChI=1S/C78H120FN13O20S/c1-16-47(8)67(90(12)74(104)65(45(4)5)88-72(102)66(46(6)7)89(10)11)58(109-14)37-61(95)92-41-52(36-55(92)68(110-15)48(9)69(99)84-40-56(93)50-25-28-57(108-13)53(79)35-50)112-77(107)83-33-32-82-76(106)111-42-49-23-26-51(27-24-49)85-70(100)54(21-20-31-81-75(80)105)86-71(101)64(44(2)3)87-60(94)22-18-17-19-34-91-62(96)38-59(73(91)103)113-43-78(29-30-78)39-63(97)98/h23-28,35,44-48,52,54-55,58-59,64-68H,16-22,29-34,36-43H2,1-15H3,(H,82,106)(H,83,107)(H,84,99)(H,85,100)(H,86,101)(H,87,94)(H,88,102)(H,97,98)(H3,80,81,105)/t47-,48+,52-,54?,55-,58+,59?,64-,65-,66-,67?,68+/m0/s1. The number of unbranched alkanes of at least 4 members (excludes halogenated alkanes) is 2. The highest BCUT2D eigenvalue weighted by Crippen LogP contribution is 2.52. The number of Topliss-reactive ketones (excluding diaryl/α,β-unsaturated/α-hetero) is 1. The predicted octanol–water partition coefficient (Wildman–Crippen LogP) is 5.10. The monoisotopic (exact) mass is 1610 g/mol. The fourth-order valence-electron chi connectivity index (χ4n) is 14.1. The lowest BCUT2D eigenvalue weighted by molar-refractivity contribution is -0.148. The number of carbonyl (C=O) groups is 14. The molecule has 2 aliphatic heterocycles. The Bertz CT molecular complexity index is 3600. The van der Waals surface area contributed by atoms with Gasteiger partial charge >= 0.3 is 24.2 Å². The molecule has 1 aliphatic carbocycles. The van der Waals surface area contributed by atoms with Gasteiger partial charge in [0.2, 0.25) is 53.2 Å². The number of nitrogens with one attached hydrogen (secondary N) is 8. The number of aliphatic carboxylic acids is 1. The topological polar surface area (TPSA) is 441 Å².